The van der Waals surface area contributed by atoms with Crippen LogP contribution in [-0.4, -0.2) is 58.1 Å². The molecule has 4 heterocycles. The average molecular weight is 360 g/mol. The maximum atomic E-state index is 12.1. The minimum absolute atomic E-state index is 0.120. The molecule has 0 aliphatic carbocycles. The van der Waals surface area contributed by atoms with Gasteiger partial charge in [-0.05, 0) is 24.3 Å². The third-order valence-corrected chi connectivity index (χ3v) is 5.81. The van der Waals surface area contributed by atoms with Crippen molar-refractivity contribution >= 4 is 17.2 Å². The Kier molecular flexibility index (Phi) is 5.14. The first-order chi connectivity index (χ1) is 12.3. The minimum Gasteiger partial charge on any atom is -0.369 e. The number of carbonyl (C=O) groups excluding carboxylic acids is 1. The quantitative estimate of drug-likeness (QED) is 0.792. The predicted octanol–water partition coefficient (Wildman–Crippen LogP) is 2.14. The van der Waals surface area contributed by atoms with Crippen molar-refractivity contribution in [2.75, 3.05) is 32.8 Å². The second kappa shape index (κ2) is 7.68. The highest BCUT2D eigenvalue weighted by molar-refractivity contribution is 7.09. The van der Waals surface area contributed by atoms with Gasteiger partial charge in [0, 0.05) is 43.8 Å². The summed E-state index contributed by atoms with van der Waals surface area (Å²) in [7, 11) is 0. The summed E-state index contributed by atoms with van der Waals surface area (Å²) in [6.45, 7) is 5.26. The molecule has 6 nitrogen and oxygen atoms in total. The van der Waals surface area contributed by atoms with E-state index in [1.54, 1.807) is 11.3 Å². The summed E-state index contributed by atoms with van der Waals surface area (Å²) in [6, 6.07) is 4.48. The van der Waals surface area contributed by atoms with Crippen molar-refractivity contribution < 1.29 is 9.53 Å². The van der Waals surface area contributed by atoms with E-state index in [4.69, 9.17) is 4.74 Å². The first-order valence-corrected chi connectivity index (χ1v) is 9.78. The van der Waals surface area contributed by atoms with E-state index in [0.29, 0.717) is 6.61 Å². The van der Waals surface area contributed by atoms with Crippen LogP contribution in [0.5, 0.6) is 0 Å². The number of nitrogens with zero attached hydrogens (tertiary/aromatic N) is 4. The Hall–Kier alpha value is -1.70. The van der Waals surface area contributed by atoms with E-state index in [-0.39, 0.29) is 18.6 Å². The van der Waals surface area contributed by atoms with Gasteiger partial charge in [-0.25, -0.2) is 4.98 Å². The first-order valence-electron chi connectivity index (χ1n) is 8.90. The van der Waals surface area contributed by atoms with Crippen LogP contribution in [-0.2, 0) is 22.6 Å². The fourth-order valence-corrected chi connectivity index (χ4v) is 4.43. The molecular formula is C18H24N4O2S. The van der Waals surface area contributed by atoms with Gasteiger partial charge in [0.05, 0.1) is 24.7 Å². The number of amides is 1. The third kappa shape index (κ3) is 3.94. The summed E-state index contributed by atoms with van der Waals surface area (Å²) in [4.78, 5) is 22.1. The van der Waals surface area contributed by atoms with Crippen molar-refractivity contribution in [1.82, 2.24) is 19.4 Å². The Bertz CT molecular complexity index is 694. The third-order valence-electron chi connectivity index (χ3n) is 4.95. The van der Waals surface area contributed by atoms with Gasteiger partial charge in [0.1, 0.15) is 6.61 Å². The molecule has 0 radical (unpaired) electrons. The smallest absolute Gasteiger partial charge is 0.248 e. The van der Waals surface area contributed by atoms with Crippen LogP contribution in [0.25, 0.3) is 0 Å². The Morgan fingerprint density at radius 3 is 3.04 bits per heavy atom. The molecule has 0 bridgehead atoms. The highest BCUT2D eigenvalue weighted by Gasteiger charge is 2.26. The fraction of sp³-hybridized carbons (Fsp3) is 0.556. The van der Waals surface area contributed by atoms with Gasteiger partial charge in [0.2, 0.25) is 5.91 Å². The van der Waals surface area contributed by atoms with Crippen molar-refractivity contribution in [2.24, 2.45) is 0 Å². The standard InChI is InChI=1S/C18H24N4O2S/c23-18(21-5-1-2-6-21)13-24-12-16-10-20(11-17-4-3-7-25-17)9-15-8-19-14-22(15)16/h3-4,7-8,14,16H,1-2,5-6,9-13H2. The SMILES string of the molecule is O=C(COCC1CN(Cc2cccs2)Cc2cncn21)N1CCCC1. The summed E-state index contributed by atoms with van der Waals surface area (Å²) in [6.07, 6.45) is 6.05. The minimum atomic E-state index is 0.120. The van der Waals surface area contributed by atoms with E-state index in [1.807, 2.05) is 17.4 Å². The van der Waals surface area contributed by atoms with Crippen LogP contribution in [0, 0.1) is 0 Å². The van der Waals surface area contributed by atoms with Crippen LogP contribution < -0.4 is 0 Å². The monoisotopic (exact) mass is 360 g/mol. The summed E-state index contributed by atoms with van der Waals surface area (Å²) >= 11 is 1.79. The van der Waals surface area contributed by atoms with Crippen molar-refractivity contribution in [3.8, 4) is 0 Å². The second-order valence-corrected chi connectivity index (χ2v) is 7.83. The summed E-state index contributed by atoms with van der Waals surface area (Å²) in [5.74, 6) is 0.120. The number of fused-ring (bicyclic) bond motifs is 1. The lowest BCUT2D eigenvalue weighted by Gasteiger charge is -2.34. The van der Waals surface area contributed by atoms with Gasteiger partial charge < -0.3 is 14.2 Å². The van der Waals surface area contributed by atoms with E-state index in [2.05, 4.69) is 32.0 Å². The van der Waals surface area contributed by atoms with Crippen molar-refractivity contribution in [2.45, 2.75) is 32.0 Å². The van der Waals surface area contributed by atoms with Crippen LogP contribution in [0.1, 0.15) is 29.5 Å². The van der Waals surface area contributed by atoms with Crippen LogP contribution in [0.4, 0.5) is 0 Å². The summed E-state index contributed by atoms with van der Waals surface area (Å²) in [5, 5.41) is 2.12. The van der Waals surface area contributed by atoms with Gasteiger partial charge in [-0.1, -0.05) is 6.07 Å². The number of hydrogen-bond acceptors (Lipinski definition) is 5. The summed E-state index contributed by atoms with van der Waals surface area (Å²) < 4.78 is 7.99. The van der Waals surface area contributed by atoms with Crippen LogP contribution >= 0.6 is 11.3 Å². The molecule has 0 N–H and O–H groups in total. The number of aromatic nitrogens is 2. The lowest BCUT2D eigenvalue weighted by molar-refractivity contribution is -0.135. The number of likely N-dealkylation sites (tertiary alicyclic amines) is 1. The molecule has 2 aromatic heterocycles. The lowest BCUT2D eigenvalue weighted by Crippen LogP contribution is -2.39. The number of thiophene rings is 1. The molecule has 0 spiro atoms. The Labute approximate surface area is 152 Å². The average Bonchev–Trinajstić information content (AvgIpc) is 3.36. The molecule has 1 amide bonds. The molecule has 1 atom stereocenters. The molecule has 7 heteroatoms. The second-order valence-electron chi connectivity index (χ2n) is 6.80. The van der Waals surface area contributed by atoms with Crippen molar-refractivity contribution in [3.63, 3.8) is 0 Å². The molecule has 2 aliphatic heterocycles. The van der Waals surface area contributed by atoms with E-state index in [1.165, 1.54) is 10.6 Å². The number of hydrogen-bond donors (Lipinski definition) is 0. The Morgan fingerprint density at radius 2 is 2.24 bits per heavy atom. The van der Waals surface area contributed by atoms with E-state index in [9.17, 15) is 4.79 Å². The molecule has 25 heavy (non-hydrogen) atoms. The van der Waals surface area contributed by atoms with E-state index < -0.39 is 0 Å². The molecule has 2 aromatic rings. The van der Waals surface area contributed by atoms with Crippen LogP contribution in [0.3, 0.4) is 0 Å². The fourth-order valence-electron chi connectivity index (χ4n) is 3.68. The maximum absolute atomic E-state index is 12.1. The van der Waals surface area contributed by atoms with Crippen molar-refractivity contribution in [3.05, 3.63) is 40.6 Å². The van der Waals surface area contributed by atoms with Gasteiger partial charge in [-0.3, -0.25) is 9.69 Å². The molecule has 0 saturated carbocycles. The van der Waals surface area contributed by atoms with Gasteiger partial charge in [-0.15, -0.1) is 11.3 Å². The molecule has 134 valence electrons. The van der Waals surface area contributed by atoms with Gasteiger partial charge in [-0.2, -0.15) is 0 Å². The Morgan fingerprint density at radius 1 is 1.36 bits per heavy atom. The zero-order valence-electron chi connectivity index (χ0n) is 14.3. The number of ether oxygens (including phenoxy) is 1. The topological polar surface area (TPSA) is 50.6 Å². The molecular weight excluding hydrogens is 336 g/mol. The van der Waals surface area contributed by atoms with Crippen molar-refractivity contribution in [1.29, 1.82) is 0 Å². The van der Waals surface area contributed by atoms with Gasteiger partial charge in [0.15, 0.2) is 0 Å². The molecule has 1 unspecified atom stereocenters. The molecule has 2 aliphatic rings. The van der Waals surface area contributed by atoms with Gasteiger partial charge >= 0.3 is 0 Å². The first kappa shape index (κ1) is 16.8. The lowest BCUT2D eigenvalue weighted by atomic mass is 10.2. The predicted molar refractivity (Wildman–Crippen MR) is 96.3 cm³/mol. The van der Waals surface area contributed by atoms with Crippen LogP contribution in [0.2, 0.25) is 0 Å². The Balaban J connectivity index is 1.34. The highest BCUT2D eigenvalue weighted by atomic mass is 32.1. The normalized spacial score (nSPS) is 20.8. The zero-order chi connectivity index (χ0) is 17.1. The van der Waals surface area contributed by atoms with E-state index in [0.717, 1.165) is 45.6 Å². The van der Waals surface area contributed by atoms with E-state index >= 15 is 0 Å². The number of carbonyl (C=O) groups is 1. The largest absolute Gasteiger partial charge is 0.369 e. The molecule has 1 saturated heterocycles. The van der Waals surface area contributed by atoms with Gasteiger partial charge in [0.25, 0.3) is 0 Å². The van der Waals surface area contributed by atoms with Crippen LogP contribution in [0.15, 0.2) is 30.0 Å². The maximum Gasteiger partial charge on any atom is 0.248 e. The molecule has 1 fully saturated rings. The zero-order valence-corrected chi connectivity index (χ0v) is 15.2. The summed E-state index contributed by atoms with van der Waals surface area (Å²) in [5.41, 5.74) is 1.21. The number of rotatable bonds is 6. The number of imidazole rings is 1. The highest BCUT2D eigenvalue weighted by Crippen LogP contribution is 2.24. The molecule has 4 rings (SSSR count). The molecule has 0 aromatic carbocycles.